The lowest BCUT2D eigenvalue weighted by atomic mass is 10.1. The molecule has 0 aliphatic carbocycles. The van der Waals surface area contributed by atoms with E-state index in [1.54, 1.807) is 4.90 Å². The molecule has 116 valence electrons. The lowest BCUT2D eigenvalue weighted by Crippen LogP contribution is -2.35. The fourth-order valence-electron chi connectivity index (χ4n) is 2.67. The molecule has 4 nitrogen and oxygen atoms in total. The molecule has 6 heteroatoms. The van der Waals surface area contributed by atoms with Gasteiger partial charge in [0.25, 0.3) is 5.91 Å². The average molecular weight is 299 g/mol. The van der Waals surface area contributed by atoms with Crippen LogP contribution in [0.1, 0.15) is 36.0 Å². The molecule has 0 aromatic heterocycles. The van der Waals surface area contributed by atoms with Crippen molar-refractivity contribution in [1.82, 2.24) is 4.90 Å². The zero-order valence-electron chi connectivity index (χ0n) is 11.7. The van der Waals surface area contributed by atoms with Crippen LogP contribution in [0.2, 0.25) is 0 Å². The van der Waals surface area contributed by atoms with E-state index in [4.69, 9.17) is 5.11 Å². The number of ether oxygens (including phenoxy) is 1. The number of carbonyl (C=O) groups excluding carboxylic acids is 1. The predicted molar refractivity (Wildman–Crippen MR) is 73.5 cm³/mol. The van der Waals surface area contributed by atoms with Crippen LogP contribution in [0.4, 0.5) is 8.78 Å². The monoisotopic (exact) mass is 299 g/mol. The molecule has 1 aromatic carbocycles. The molecule has 1 unspecified atom stereocenters. The number of hydrogen-bond acceptors (Lipinski definition) is 3. The van der Waals surface area contributed by atoms with Crippen LogP contribution in [0.5, 0.6) is 5.75 Å². The van der Waals surface area contributed by atoms with Crippen LogP contribution < -0.4 is 4.74 Å². The van der Waals surface area contributed by atoms with E-state index in [2.05, 4.69) is 4.74 Å². The minimum Gasteiger partial charge on any atom is -0.435 e. The first-order valence-electron chi connectivity index (χ1n) is 7.08. The van der Waals surface area contributed by atoms with Crippen LogP contribution in [0.25, 0.3) is 0 Å². The number of halogens is 2. The molecule has 1 amide bonds. The van der Waals surface area contributed by atoms with Crippen molar-refractivity contribution >= 4 is 5.91 Å². The summed E-state index contributed by atoms with van der Waals surface area (Å²) in [4.78, 5) is 14.2. The molecule has 2 rings (SSSR count). The standard InChI is InChI=1S/C15H19F2NO3/c16-15(17)21-13-7-5-11(6-8-13)14(20)18-9-1-3-12(18)4-2-10-19/h5-8,12,15,19H,1-4,9-10H2. The normalized spacial score (nSPS) is 18.3. The fourth-order valence-corrected chi connectivity index (χ4v) is 2.67. The van der Waals surface area contributed by atoms with Gasteiger partial charge in [0.15, 0.2) is 0 Å². The maximum Gasteiger partial charge on any atom is 0.387 e. The van der Waals surface area contributed by atoms with Crippen molar-refractivity contribution in [3.05, 3.63) is 29.8 Å². The molecule has 21 heavy (non-hydrogen) atoms. The van der Waals surface area contributed by atoms with E-state index < -0.39 is 6.61 Å². The number of alkyl halides is 2. The van der Waals surface area contributed by atoms with Gasteiger partial charge >= 0.3 is 6.61 Å². The zero-order chi connectivity index (χ0) is 15.2. The largest absolute Gasteiger partial charge is 0.435 e. The quantitative estimate of drug-likeness (QED) is 0.878. The molecular formula is C15H19F2NO3. The molecule has 1 heterocycles. The van der Waals surface area contributed by atoms with Crippen LogP contribution in [0.15, 0.2) is 24.3 Å². The van der Waals surface area contributed by atoms with Crippen molar-refractivity contribution < 1.29 is 23.4 Å². The van der Waals surface area contributed by atoms with E-state index in [9.17, 15) is 13.6 Å². The Morgan fingerprint density at radius 2 is 2.10 bits per heavy atom. The second-order valence-corrected chi connectivity index (χ2v) is 5.06. The summed E-state index contributed by atoms with van der Waals surface area (Å²) in [6, 6.07) is 5.90. The average Bonchev–Trinajstić information content (AvgIpc) is 2.93. The number of nitrogens with zero attached hydrogens (tertiary/aromatic N) is 1. The first kappa shape index (κ1) is 15.7. The van der Waals surface area contributed by atoms with Crippen molar-refractivity contribution in [3.8, 4) is 5.75 Å². The van der Waals surface area contributed by atoms with Gasteiger partial charge in [-0.1, -0.05) is 0 Å². The minimum absolute atomic E-state index is 0.0415. The summed E-state index contributed by atoms with van der Waals surface area (Å²) in [7, 11) is 0. The summed E-state index contributed by atoms with van der Waals surface area (Å²) in [6.07, 6.45) is 3.36. The van der Waals surface area contributed by atoms with Crippen molar-refractivity contribution in [2.24, 2.45) is 0 Å². The van der Waals surface area contributed by atoms with Gasteiger partial charge < -0.3 is 14.7 Å². The van der Waals surface area contributed by atoms with E-state index in [1.165, 1.54) is 24.3 Å². The zero-order valence-corrected chi connectivity index (χ0v) is 11.7. The van der Waals surface area contributed by atoms with Gasteiger partial charge in [-0.05, 0) is 49.9 Å². The number of rotatable bonds is 6. The van der Waals surface area contributed by atoms with Gasteiger partial charge in [0.05, 0.1) is 0 Å². The molecule has 0 saturated carbocycles. The molecular weight excluding hydrogens is 280 g/mol. The van der Waals surface area contributed by atoms with Crippen LogP contribution >= 0.6 is 0 Å². The van der Waals surface area contributed by atoms with Crippen molar-refractivity contribution in [2.75, 3.05) is 13.2 Å². The molecule has 0 bridgehead atoms. The maximum absolute atomic E-state index is 12.4. The molecule has 1 aromatic rings. The molecule has 1 saturated heterocycles. The summed E-state index contributed by atoms with van der Waals surface area (Å²) in [6.45, 7) is -2.05. The Kier molecular flexibility index (Phi) is 5.50. The summed E-state index contributed by atoms with van der Waals surface area (Å²) in [5, 5.41) is 8.89. The highest BCUT2D eigenvalue weighted by molar-refractivity contribution is 5.94. The van der Waals surface area contributed by atoms with Crippen LogP contribution in [0.3, 0.4) is 0 Å². The third-order valence-corrected chi connectivity index (χ3v) is 3.66. The van der Waals surface area contributed by atoms with E-state index >= 15 is 0 Å². The first-order valence-corrected chi connectivity index (χ1v) is 7.08. The smallest absolute Gasteiger partial charge is 0.387 e. The minimum atomic E-state index is -2.87. The van der Waals surface area contributed by atoms with E-state index in [0.29, 0.717) is 18.5 Å². The SMILES string of the molecule is O=C(c1ccc(OC(F)F)cc1)N1CCCC1CCCO. The van der Waals surface area contributed by atoms with Crippen LogP contribution in [-0.2, 0) is 0 Å². The van der Waals surface area contributed by atoms with Gasteiger partial charge in [0.2, 0.25) is 0 Å². The van der Waals surface area contributed by atoms with Gasteiger partial charge in [0.1, 0.15) is 5.75 Å². The first-order chi connectivity index (χ1) is 10.1. The van der Waals surface area contributed by atoms with Crippen molar-refractivity contribution in [1.29, 1.82) is 0 Å². The number of benzene rings is 1. The van der Waals surface area contributed by atoms with Gasteiger partial charge in [-0.25, -0.2) is 0 Å². The second kappa shape index (κ2) is 7.36. The molecule has 0 radical (unpaired) electrons. The van der Waals surface area contributed by atoms with Gasteiger partial charge in [-0.15, -0.1) is 0 Å². The molecule has 1 N–H and O–H groups in total. The molecule has 1 fully saturated rings. The van der Waals surface area contributed by atoms with Crippen molar-refractivity contribution in [2.45, 2.75) is 38.3 Å². The highest BCUT2D eigenvalue weighted by Gasteiger charge is 2.28. The number of hydrogen-bond donors (Lipinski definition) is 1. The second-order valence-electron chi connectivity index (χ2n) is 5.06. The molecule has 1 atom stereocenters. The number of amides is 1. The van der Waals surface area contributed by atoms with Crippen LogP contribution in [0, 0.1) is 0 Å². The Bertz CT molecular complexity index is 464. The molecule has 1 aliphatic heterocycles. The highest BCUT2D eigenvalue weighted by atomic mass is 19.3. The fraction of sp³-hybridized carbons (Fsp3) is 0.533. The van der Waals surface area contributed by atoms with Gasteiger partial charge in [0, 0.05) is 24.8 Å². The van der Waals surface area contributed by atoms with Gasteiger partial charge in [-0.2, -0.15) is 8.78 Å². The summed E-state index contributed by atoms with van der Waals surface area (Å²) in [5.74, 6) is -0.0566. The van der Waals surface area contributed by atoms with Crippen LogP contribution in [-0.4, -0.2) is 41.7 Å². The third-order valence-electron chi connectivity index (χ3n) is 3.66. The lowest BCUT2D eigenvalue weighted by Gasteiger charge is -2.24. The Morgan fingerprint density at radius 3 is 2.71 bits per heavy atom. The number of aliphatic hydroxyl groups excluding tert-OH is 1. The number of carbonyl (C=O) groups is 1. The van der Waals surface area contributed by atoms with E-state index in [-0.39, 0.29) is 24.3 Å². The Morgan fingerprint density at radius 1 is 1.38 bits per heavy atom. The number of aliphatic hydroxyl groups is 1. The Balaban J connectivity index is 2.01. The van der Waals surface area contributed by atoms with E-state index in [1.807, 2.05) is 0 Å². The third kappa shape index (κ3) is 4.14. The highest BCUT2D eigenvalue weighted by Crippen LogP contribution is 2.24. The van der Waals surface area contributed by atoms with Gasteiger partial charge in [-0.3, -0.25) is 4.79 Å². The maximum atomic E-state index is 12.4. The topological polar surface area (TPSA) is 49.8 Å². The summed E-state index contributed by atoms with van der Waals surface area (Å²) < 4.78 is 28.4. The molecule has 1 aliphatic rings. The lowest BCUT2D eigenvalue weighted by molar-refractivity contribution is -0.0498. The summed E-state index contributed by atoms with van der Waals surface area (Å²) in [5.41, 5.74) is 0.465. The predicted octanol–water partition coefficient (Wildman–Crippen LogP) is 2.67. The number of likely N-dealkylation sites (tertiary alicyclic amines) is 1. The molecule has 0 spiro atoms. The Hall–Kier alpha value is -1.69. The summed E-state index contributed by atoms with van der Waals surface area (Å²) >= 11 is 0. The van der Waals surface area contributed by atoms with Crippen molar-refractivity contribution in [3.63, 3.8) is 0 Å². The Labute approximate surface area is 122 Å². The van der Waals surface area contributed by atoms with E-state index in [0.717, 1.165) is 19.3 Å².